The minimum atomic E-state index is -3.38. The second-order valence-electron chi connectivity index (χ2n) is 7.91. The number of aryl methyl sites for hydroxylation is 1. The van der Waals surface area contributed by atoms with Crippen LogP contribution in [0.4, 0.5) is 0 Å². The third kappa shape index (κ3) is 5.11. The maximum absolute atomic E-state index is 12.7. The highest BCUT2D eigenvalue weighted by Gasteiger charge is 2.26. The van der Waals surface area contributed by atoms with E-state index in [0.717, 1.165) is 37.7 Å². The Balaban J connectivity index is 1.55. The van der Waals surface area contributed by atoms with Crippen LogP contribution in [-0.4, -0.2) is 49.7 Å². The summed E-state index contributed by atoms with van der Waals surface area (Å²) < 4.78 is 27.0. The molecule has 1 heterocycles. The molecule has 0 N–H and O–H groups in total. The van der Waals surface area contributed by atoms with Gasteiger partial charge in [-0.25, -0.2) is 8.42 Å². The summed E-state index contributed by atoms with van der Waals surface area (Å²) in [5.41, 5.74) is 1.01. The molecule has 1 aliphatic carbocycles. The van der Waals surface area contributed by atoms with E-state index < -0.39 is 10.0 Å². The first kappa shape index (κ1) is 20.3. The molecule has 0 atom stereocenters. The van der Waals surface area contributed by atoms with Crippen molar-refractivity contribution in [3.05, 3.63) is 29.8 Å². The Labute approximate surface area is 163 Å². The van der Waals surface area contributed by atoms with Crippen LogP contribution in [0.15, 0.2) is 29.2 Å². The van der Waals surface area contributed by atoms with Crippen LogP contribution in [0.5, 0.6) is 0 Å². The number of carbonyl (C=O) groups is 1. The number of hydrogen-bond donors (Lipinski definition) is 0. The van der Waals surface area contributed by atoms with E-state index in [1.165, 1.54) is 19.3 Å². The van der Waals surface area contributed by atoms with Gasteiger partial charge in [-0.2, -0.15) is 4.31 Å². The van der Waals surface area contributed by atoms with E-state index in [1.54, 1.807) is 16.4 Å². The van der Waals surface area contributed by atoms with Crippen molar-refractivity contribution >= 4 is 15.9 Å². The lowest BCUT2D eigenvalue weighted by atomic mass is 9.94. The number of nitrogens with zero attached hydrogens (tertiary/aromatic N) is 2. The van der Waals surface area contributed by atoms with Crippen molar-refractivity contribution in [2.75, 3.05) is 20.1 Å². The molecule has 0 spiro atoms. The number of carbonyl (C=O) groups excluding carboxylic acids is 1. The number of benzene rings is 1. The van der Waals surface area contributed by atoms with Crippen molar-refractivity contribution in [2.45, 2.75) is 75.1 Å². The molecular weight excluding hydrogens is 360 g/mol. The van der Waals surface area contributed by atoms with E-state index >= 15 is 0 Å². The molecule has 150 valence electrons. The molecule has 5 nitrogen and oxygen atoms in total. The maximum atomic E-state index is 12.7. The van der Waals surface area contributed by atoms with Gasteiger partial charge in [0.1, 0.15) is 0 Å². The molecule has 1 amide bonds. The van der Waals surface area contributed by atoms with Gasteiger partial charge in [-0.05, 0) is 49.8 Å². The molecule has 0 unspecified atom stereocenters. The Morgan fingerprint density at radius 2 is 1.59 bits per heavy atom. The summed E-state index contributed by atoms with van der Waals surface area (Å²) in [7, 11) is -1.46. The summed E-state index contributed by atoms with van der Waals surface area (Å²) in [6, 6.07) is 7.47. The molecule has 1 aliphatic heterocycles. The number of piperidine rings is 1. The summed E-state index contributed by atoms with van der Waals surface area (Å²) in [6.07, 6.45) is 10.1. The lowest BCUT2D eigenvalue weighted by molar-refractivity contribution is -0.132. The van der Waals surface area contributed by atoms with E-state index in [2.05, 4.69) is 0 Å². The highest BCUT2D eigenvalue weighted by atomic mass is 32.2. The van der Waals surface area contributed by atoms with Crippen molar-refractivity contribution in [3.63, 3.8) is 0 Å². The molecule has 1 saturated heterocycles. The van der Waals surface area contributed by atoms with Crippen molar-refractivity contribution in [1.29, 1.82) is 0 Å². The van der Waals surface area contributed by atoms with Gasteiger partial charge in [0.2, 0.25) is 15.9 Å². The second kappa shape index (κ2) is 9.20. The zero-order valence-corrected chi connectivity index (χ0v) is 17.2. The van der Waals surface area contributed by atoms with Gasteiger partial charge in [0, 0.05) is 32.6 Å². The van der Waals surface area contributed by atoms with E-state index in [0.29, 0.717) is 36.9 Å². The topological polar surface area (TPSA) is 57.7 Å². The first-order chi connectivity index (χ1) is 13.0. The predicted molar refractivity (Wildman–Crippen MR) is 107 cm³/mol. The molecule has 2 aliphatic rings. The van der Waals surface area contributed by atoms with E-state index in [1.807, 2.05) is 24.1 Å². The van der Waals surface area contributed by atoms with Gasteiger partial charge in [-0.1, -0.05) is 37.8 Å². The fraction of sp³-hybridized carbons (Fsp3) is 0.667. The van der Waals surface area contributed by atoms with Gasteiger partial charge in [0.25, 0.3) is 0 Å². The Morgan fingerprint density at radius 3 is 2.22 bits per heavy atom. The highest BCUT2D eigenvalue weighted by Crippen LogP contribution is 2.23. The van der Waals surface area contributed by atoms with Gasteiger partial charge in [-0.15, -0.1) is 0 Å². The smallest absolute Gasteiger partial charge is 0.243 e. The van der Waals surface area contributed by atoms with Gasteiger partial charge in [0.15, 0.2) is 0 Å². The zero-order chi connectivity index (χ0) is 19.3. The third-order valence-electron chi connectivity index (χ3n) is 6.02. The van der Waals surface area contributed by atoms with Gasteiger partial charge >= 0.3 is 0 Å². The summed E-state index contributed by atoms with van der Waals surface area (Å²) in [6.45, 7) is 1.23. The third-order valence-corrected chi connectivity index (χ3v) is 7.93. The van der Waals surface area contributed by atoms with Crippen molar-refractivity contribution in [3.8, 4) is 0 Å². The van der Waals surface area contributed by atoms with Crippen LogP contribution >= 0.6 is 0 Å². The van der Waals surface area contributed by atoms with Crippen LogP contribution in [0, 0.1) is 0 Å². The largest absolute Gasteiger partial charge is 0.343 e. The van der Waals surface area contributed by atoms with Crippen molar-refractivity contribution in [1.82, 2.24) is 9.21 Å². The van der Waals surface area contributed by atoms with Gasteiger partial charge in [-0.3, -0.25) is 4.79 Å². The predicted octanol–water partition coefficient (Wildman–Crippen LogP) is 3.58. The van der Waals surface area contributed by atoms with Gasteiger partial charge in [0.05, 0.1) is 4.90 Å². The molecule has 0 bridgehead atoms. The van der Waals surface area contributed by atoms with Crippen LogP contribution in [0.1, 0.15) is 63.4 Å². The van der Waals surface area contributed by atoms with Crippen molar-refractivity contribution < 1.29 is 13.2 Å². The number of sulfonamides is 1. The fourth-order valence-electron chi connectivity index (χ4n) is 4.18. The van der Waals surface area contributed by atoms with Crippen LogP contribution in [0.2, 0.25) is 0 Å². The molecular formula is C21H32N2O3S. The monoisotopic (exact) mass is 392 g/mol. The quantitative estimate of drug-likeness (QED) is 0.743. The number of amides is 1. The summed E-state index contributed by atoms with van der Waals surface area (Å²) in [4.78, 5) is 14.8. The molecule has 1 saturated carbocycles. The summed E-state index contributed by atoms with van der Waals surface area (Å²) in [5, 5.41) is 0. The van der Waals surface area contributed by atoms with Gasteiger partial charge < -0.3 is 4.90 Å². The van der Waals surface area contributed by atoms with Crippen LogP contribution in [0.25, 0.3) is 0 Å². The molecule has 1 aromatic rings. The molecule has 2 fully saturated rings. The Kier molecular flexibility index (Phi) is 6.93. The Morgan fingerprint density at radius 1 is 1.00 bits per heavy atom. The standard InChI is InChI=1S/C21H32N2O3S/c1-22(19-8-4-2-5-9-19)21(24)15-12-18-10-13-20(14-11-18)27(25,26)23-16-6-3-7-17-23/h10-11,13-14,19H,2-9,12,15-17H2,1H3. The molecule has 1 aromatic carbocycles. The SMILES string of the molecule is CN(C(=O)CCc1ccc(S(=O)(=O)N2CCCCC2)cc1)C1CCCCC1. The first-order valence-electron chi connectivity index (χ1n) is 10.3. The second-order valence-corrected chi connectivity index (χ2v) is 9.84. The van der Waals surface area contributed by atoms with E-state index in [4.69, 9.17) is 0 Å². The van der Waals surface area contributed by atoms with Crippen LogP contribution in [0.3, 0.4) is 0 Å². The summed E-state index contributed by atoms with van der Waals surface area (Å²) >= 11 is 0. The average Bonchev–Trinajstić information content (AvgIpc) is 2.73. The van der Waals surface area contributed by atoms with Crippen LogP contribution in [-0.2, 0) is 21.2 Å². The Bertz CT molecular complexity index is 718. The minimum Gasteiger partial charge on any atom is -0.343 e. The van der Waals surface area contributed by atoms with E-state index in [-0.39, 0.29) is 5.91 Å². The van der Waals surface area contributed by atoms with Crippen molar-refractivity contribution in [2.24, 2.45) is 0 Å². The highest BCUT2D eigenvalue weighted by molar-refractivity contribution is 7.89. The molecule has 6 heteroatoms. The fourth-order valence-corrected chi connectivity index (χ4v) is 5.70. The summed E-state index contributed by atoms with van der Waals surface area (Å²) in [5.74, 6) is 0.187. The first-order valence-corrected chi connectivity index (χ1v) is 11.8. The van der Waals surface area contributed by atoms with Crippen LogP contribution < -0.4 is 0 Å². The molecule has 27 heavy (non-hydrogen) atoms. The maximum Gasteiger partial charge on any atom is 0.243 e. The lowest BCUT2D eigenvalue weighted by Gasteiger charge is -2.31. The number of hydrogen-bond acceptors (Lipinski definition) is 3. The zero-order valence-electron chi connectivity index (χ0n) is 16.4. The average molecular weight is 393 g/mol. The minimum absolute atomic E-state index is 0.187. The molecule has 3 rings (SSSR count). The molecule has 0 aromatic heterocycles. The van der Waals surface area contributed by atoms with E-state index in [9.17, 15) is 13.2 Å². The normalized spacial score (nSPS) is 19.7. The number of rotatable bonds is 6. The Hall–Kier alpha value is -1.40. The lowest BCUT2D eigenvalue weighted by Crippen LogP contribution is -2.38. The molecule has 0 radical (unpaired) electrons.